The summed E-state index contributed by atoms with van der Waals surface area (Å²) in [7, 11) is 2.63. The first kappa shape index (κ1) is 45.5. The Morgan fingerprint density at radius 1 is 0.785 bits per heavy atom. The van der Waals surface area contributed by atoms with Gasteiger partial charge in [-0.2, -0.15) is 0 Å². The number of imidazole rings is 1. The van der Waals surface area contributed by atoms with Gasteiger partial charge >= 0.3 is 12.2 Å². The Kier molecular flexibility index (Phi) is 13.2. The van der Waals surface area contributed by atoms with Gasteiger partial charge in [-0.05, 0) is 121 Å². The SMILES string of the molecule is COC(=O)NC(C(=O)N1CC2(CC2)CC1c1ncc(-c2ccc3cc(-c4ccc(C(=CN)NC(C)C5CCC6CCC(C6)N5C(=O)C(NC(=O)OC)C(C)C)cc4)ccc3c2)[nH]1)C(C)C. The number of carbonyl (C=O) groups excluding carboxylic acids is 4. The molecule has 4 aliphatic rings. The Hall–Kier alpha value is -6.05. The van der Waals surface area contributed by atoms with E-state index >= 15 is 0 Å². The highest BCUT2D eigenvalue weighted by molar-refractivity contribution is 5.91. The molecule has 7 unspecified atom stereocenters. The molecule has 2 aliphatic heterocycles. The molecular weight excluding hydrogens is 821 g/mol. The predicted molar refractivity (Wildman–Crippen MR) is 252 cm³/mol. The van der Waals surface area contributed by atoms with Crippen LogP contribution in [0.1, 0.15) is 103 Å². The lowest BCUT2D eigenvalue weighted by Gasteiger charge is -2.42. The summed E-state index contributed by atoms with van der Waals surface area (Å²) >= 11 is 0. The van der Waals surface area contributed by atoms with Crippen LogP contribution in [-0.2, 0) is 19.1 Å². The minimum absolute atomic E-state index is 0.0543. The highest BCUT2D eigenvalue weighted by Crippen LogP contribution is 2.58. The fraction of sp³-hybridized carbons (Fsp3) is 0.510. The van der Waals surface area contributed by atoms with Crippen LogP contribution in [0.2, 0.25) is 0 Å². The molecule has 3 heterocycles. The first-order valence-corrected chi connectivity index (χ1v) is 23.4. The van der Waals surface area contributed by atoms with E-state index in [0.717, 1.165) is 102 Å². The minimum atomic E-state index is -0.691. The quantitative estimate of drug-likeness (QED) is 0.0886. The number of ether oxygens (including phenoxy) is 2. The molecule has 1 spiro atoms. The Balaban J connectivity index is 0.953. The van der Waals surface area contributed by atoms with Crippen molar-refractivity contribution in [3.63, 3.8) is 0 Å². The smallest absolute Gasteiger partial charge is 0.407 e. The summed E-state index contributed by atoms with van der Waals surface area (Å²) < 4.78 is 9.72. The molecule has 2 saturated heterocycles. The monoisotopic (exact) mass is 887 g/mol. The third-order valence-corrected chi connectivity index (χ3v) is 14.6. The van der Waals surface area contributed by atoms with Gasteiger partial charge in [0.25, 0.3) is 0 Å². The number of hydrogen-bond acceptors (Lipinski definition) is 9. The zero-order valence-electron chi connectivity index (χ0n) is 38.9. The van der Waals surface area contributed by atoms with Crippen LogP contribution in [0.3, 0.4) is 0 Å². The zero-order chi connectivity index (χ0) is 46.2. The van der Waals surface area contributed by atoms with Crippen LogP contribution in [0.15, 0.2) is 73.1 Å². The average molecular weight is 887 g/mol. The van der Waals surface area contributed by atoms with E-state index in [1.54, 1.807) is 6.20 Å². The van der Waals surface area contributed by atoms with Gasteiger partial charge in [-0.15, -0.1) is 0 Å². The van der Waals surface area contributed by atoms with E-state index < -0.39 is 24.3 Å². The van der Waals surface area contributed by atoms with Gasteiger partial charge in [0.15, 0.2) is 0 Å². The molecule has 2 aliphatic carbocycles. The van der Waals surface area contributed by atoms with E-state index in [4.69, 9.17) is 20.2 Å². The van der Waals surface area contributed by atoms with Gasteiger partial charge < -0.3 is 45.9 Å². The second kappa shape index (κ2) is 18.8. The molecule has 8 rings (SSSR count). The van der Waals surface area contributed by atoms with Crippen molar-refractivity contribution in [3.8, 4) is 22.4 Å². The predicted octanol–water partition coefficient (Wildman–Crippen LogP) is 8.11. The summed E-state index contributed by atoms with van der Waals surface area (Å²) in [5, 5.41) is 11.4. The largest absolute Gasteiger partial charge is 0.453 e. The molecule has 3 aromatic carbocycles. The second-order valence-corrected chi connectivity index (χ2v) is 19.7. The number of H-pyrrole nitrogens is 1. The molecule has 65 heavy (non-hydrogen) atoms. The van der Waals surface area contributed by atoms with Crippen LogP contribution in [0.25, 0.3) is 38.9 Å². The molecule has 2 bridgehead atoms. The third-order valence-electron chi connectivity index (χ3n) is 14.6. The summed E-state index contributed by atoms with van der Waals surface area (Å²) in [6, 6.07) is 19.6. The molecule has 7 atom stereocenters. The average Bonchev–Trinajstić information content (AvgIpc) is 3.56. The molecule has 14 nitrogen and oxygen atoms in total. The maximum absolute atomic E-state index is 14.3. The number of alkyl carbamates (subject to hydrolysis) is 2. The fourth-order valence-corrected chi connectivity index (χ4v) is 10.7. The highest BCUT2D eigenvalue weighted by Gasteiger charge is 2.55. The van der Waals surface area contributed by atoms with Gasteiger partial charge in [-0.25, -0.2) is 14.6 Å². The molecule has 1 aromatic heterocycles. The summed E-state index contributed by atoms with van der Waals surface area (Å²) in [6.07, 6.45) is 10.3. The number of likely N-dealkylation sites (tertiary alicyclic amines) is 2. The number of nitrogens with zero attached hydrogens (tertiary/aromatic N) is 3. The van der Waals surface area contributed by atoms with Gasteiger partial charge in [0, 0.05) is 30.4 Å². The molecule has 6 N–H and O–H groups in total. The number of aromatic nitrogens is 2. The highest BCUT2D eigenvalue weighted by atomic mass is 16.5. The van der Waals surface area contributed by atoms with Crippen molar-refractivity contribution in [2.24, 2.45) is 28.9 Å². The maximum Gasteiger partial charge on any atom is 0.407 e. The van der Waals surface area contributed by atoms with Crippen LogP contribution in [0.4, 0.5) is 9.59 Å². The summed E-state index contributed by atoms with van der Waals surface area (Å²) in [5.74, 6) is 0.981. The standard InChI is InChI=1S/C51H66N8O6/c1-29(2)44(56-49(62)64-6)47(60)58-28-51(20-21-51)25-43(58)46-53-27-41(55-46)38-17-16-36-23-35(14-15-37(36)24-38)33-10-12-34(13-11-33)40(26-52)54-31(5)42-19-9-32-8-18-39(22-32)59(42)48(61)45(30(3)4)57-50(63)65-7/h10-17,23-24,26-27,29-32,39,42-45,54H,8-9,18-22,25,28,52H2,1-7H3,(H,53,55)(H,56,62)(H,57,63). The zero-order valence-corrected chi connectivity index (χ0v) is 38.9. The number of benzene rings is 3. The Morgan fingerprint density at radius 3 is 2.00 bits per heavy atom. The van der Waals surface area contributed by atoms with Gasteiger partial charge in [0.05, 0.1) is 43.9 Å². The van der Waals surface area contributed by atoms with Gasteiger partial charge in [0.2, 0.25) is 11.8 Å². The van der Waals surface area contributed by atoms with E-state index in [2.05, 4.69) is 93.4 Å². The first-order valence-electron chi connectivity index (χ1n) is 23.4. The lowest BCUT2D eigenvalue weighted by atomic mass is 9.93. The Bertz CT molecular complexity index is 2420. The van der Waals surface area contributed by atoms with Gasteiger partial charge in [-0.1, -0.05) is 76.2 Å². The number of amides is 4. The van der Waals surface area contributed by atoms with Crippen molar-refractivity contribution >= 4 is 40.5 Å². The number of hydrogen-bond donors (Lipinski definition) is 5. The molecule has 346 valence electrons. The summed E-state index contributed by atoms with van der Waals surface area (Å²) in [5.41, 5.74) is 12.2. The lowest BCUT2D eigenvalue weighted by Crippen LogP contribution is -2.60. The van der Waals surface area contributed by atoms with Crippen LogP contribution in [0, 0.1) is 23.2 Å². The normalized spacial score (nSPS) is 22.7. The van der Waals surface area contributed by atoms with Crippen molar-refractivity contribution < 1.29 is 28.7 Å². The number of nitrogens with one attached hydrogen (secondary N) is 4. The third kappa shape index (κ3) is 9.53. The lowest BCUT2D eigenvalue weighted by molar-refractivity contribution is -0.140. The summed E-state index contributed by atoms with van der Waals surface area (Å²) in [4.78, 5) is 65.1. The Morgan fingerprint density at radius 2 is 1.38 bits per heavy atom. The van der Waals surface area contributed by atoms with E-state index in [0.29, 0.717) is 12.5 Å². The van der Waals surface area contributed by atoms with E-state index in [-0.39, 0.29) is 53.2 Å². The van der Waals surface area contributed by atoms with Crippen LogP contribution in [0.5, 0.6) is 0 Å². The van der Waals surface area contributed by atoms with Crippen LogP contribution in [-0.4, -0.2) is 94.7 Å². The van der Waals surface area contributed by atoms with Crippen molar-refractivity contribution in [1.82, 2.24) is 35.7 Å². The minimum Gasteiger partial charge on any atom is -0.453 e. The molecule has 2 saturated carbocycles. The maximum atomic E-state index is 14.3. The van der Waals surface area contributed by atoms with Crippen LogP contribution >= 0.6 is 0 Å². The molecule has 4 fully saturated rings. The molecule has 4 aromatic rings. The molecular formula is C51H66N8O6. The van der Waals surface area contributed by atoms with Crippen molar-refractivity contribution in [2.45, 2.75) is 122 Å². The molecule has 14 heteroatoms. The van der Waals surface area contributed by atoms with E-state index in [1.165, 1.54) is 14.2 Å². The van der Waals surface area contributed by atoms with Crippen molar-refractivity contribution in [2.75, 3.05) is 20.8 Å². The molecule has 0 radical (unpaired) electrons. The summed E-state index contributed by atoms with van der Waals surface area (Å²) in [6.45, 7) is 10.5. The van der Waals surface area contributed by atoms with Crippen LogP contribution < -0.4 is 21.7 Å². The van der Waals surface area contributed by atoms with Gasteiger partial charge in [0.1, 0.15) is 17.9 Å². The van der Waals surface area contributed by atoms with Crippen molar-refractivity contribution in [3.05, 3.63) is 84.4 Å². The number of carbonyl (C=O) groups is 4. The Labute approximate surface area is 382 Å². The number of methoxy groups -OCH3 is 2. The number of rotatable bonds is 13. The number of fused-ring (bicyclic) bond motifs is 3. The second-order valence-electron chi connectivity index (χ2n) is 19.7. The van der Waals surface area contributed by atoms with Gasteiger partial charge in [-0.3, -0.25) is 9.59 Å². The van der Waals surface area contributed by atoms with E-state index in [9.17, 15) is 19.2 Å². The first-order chi connectivity index (χ1) is 31.2. The number of aromatic amines is 1. The topological polar surface area (TPSA) is 184 Å². The number of nitrogens with two attached hydrogens (primary N) is 1. The molecule has 4 amide bonds. The fourth-order valence-electron chi connectivity index (χ4n) is 10.7. The van der Waals surface area contributed by atoms with E-state index in [1.807, 2.05) is 38.8 Å². The van der Waals surface area contributed by atoms with Crippen molar-refractivity contribution in [1.29, 1.82) is 0 Å².